The molecule has 1 atom stereocenters. The van der Waals surface area contributed by atoms with Crippen LogP contribution in [0, 0.1) is 0 Å². The van der Waals surface area contributed by atoms with Crippen molar-refractivity contribution in [3.63, 3.8) is 0 Å². The Morgan fingerprint density at radius 1 is 1.47 bits per heavy atom. The average Bonchev–Trinajstić information content (AvgIpc) is 2.43. The van der Waals surface area contributed by atoms with Crippen LogP contribution >= 0.6 is 0 Å². The number of pyridine rings is 1. The smallest absolute Gasteiger partial charge is 0.354 e. The Hall–Kier alpha value is -1.95. The maximum Gasteiger partial charge on any atom is 0.354 e. The van der Waals surface area contributed by atoms with Gasteiger partial charge in [-0.25, -0.2) is 9.78 Å². The average molecular weight is 265 g/mol. The molecule has 2 N–H and O–H groups in total. The second-order valence-electron chi connectivity index (χ2n) is 4.27. The van der Waals surface area contributed by atoms with Crippen LogP contribution in [0.1, 0.15) is 30.0 Å². The summed E-state index contributed by atoms with van der Waals surface area (Å²) in [7, 11) is 1.74. The molecule has 0 saturated heterocycles. The van der Waals surface area contributed by atoms with E-state index in [0.717, 1.165) is 0 Å². The van der Waals surface area contributed by atoms with Crippen molar-refractivity contribution >= 4 is 11.9 Å². The number of aromatic nitrogens is 1. The summed E-state index contributed by atoms with van der Waals surface area (Å²) < 4.78 is 0. The van der Waals surface area contributed by atoms with Gasteiger partial charge in [0.2, 0.25) is 5.91 Å². The Morgan fingerprint density at radius 3 is 2.74 bits per heavy atom. The quantitative estimate of drug-likeness (QED) is 0.792. The highest BCUT2D eigenvalue weighted by molar-refractivity contribution is 5.85. The lowest BCUT2D eigenvalue weighted by Gasteiger charge is -2.20. The Labute approximate surface area is 112 Å². The van der Waals surface area contributed by atoms with Gasteiger partial charge in [0.1, 0.15) is 5.69 Å². The van der Waals surface area contributed by atoms with Gasteiger partial charge in [-0.2, -0.15) is 0 Å². The van der Waals surface area contributed by atoms with E-state index in [0.29, 0.717) is 18.8 Å². The number of carbonyl (C=O) groups is 2. The second kappa shape index (κ2) is 6.84. The SMILES string of the molecule is CCN(C)C(=O)C(C)NCc1cccc(C(=O)O)n1. The topological polar surface area (TPSA) is 82.5 Å². The van der Waals surface area contributed by atoms with E-state index in [4.69, 9.17) is 5.11 Å². The number of carboxylic acid groups (broad SMARTS) is 1. The number of likely N-dealkylation sites (N-methyl/N-ethyl adjacent to an activating group) is 1. The zero-order valence-corrected chi connectivity index (χ0v) is 11.4. The van der Waals surface area contributed by atoms with Crippen molar-refractivity contribution in [2.45, 2.75) is 26.4 Å². The lowest BCUT2D eigenvalue weighted by atomic mass is 10.2. The molecule has 0 aliphatic rings. The molecule has 0 aliphatic carbocycles. The molecule has 1 aromatic rings. The number of rotatable bonds is 6. The molecular weight excluding hydrogens is 246 g/mol. The molecule has 0 aromatic carbocycles. The molecule has 0 bridgehead atoms. The van der Waals surface area contributed by atoms with Gasteiger partial charge >= 0.3 is 5.97 Å². The summed E-state index contributed by atoms with van der Waals surface area (Å²) in [5.41, 5.74) is 0.600. The van der Waals surface area contributed by atoms with E-state index in [9.17, 15) is 9.59 Å². The fourth-order valence-electron chi connectivity index (χ4n) is 1.53. The minimum absolute atomic E-state index is 0.00288. The van der Waals surface area contributed by atoms with Gasteiger partial charge < -0.3 is 15.3 Å². The van der Waals surface area contributed by atoms with Crippen molar-refractivity contribution < 1.29 is 14.7 Å². The minimum atomic E-state index is -1.06. The van der Waals surface area contributed by atoms with Crippen molar-refractivity contribution in [2.24, 2.45) is 0 Å². The molecule has 0 fully saturated rings. The molecule has 0 spiro atoms. The third kappa shape index (κ3) is 4.33. The van der Waals surface area contributed by atoms with Crippen LogP contribution in [0.2, 0.25) is 0 Å². The highest BCUT2D eigenvalue weighted by atomic mass is 16.4. The first kappa shape index (κ1) is 15.1. The van der Waals surface area contributed by atoms with Crippen LogP contribution in [0.15, 0.2) is 18.2 Å². The van der Waals surface area contributed by atoms with E-state index in [1.807, 2.05) is 6.92 Å². The van der Waals surface area contributed by atoms with Gasteiger partial charge in [-0.3, -0.25) is 4.79 Å². The summed E-state index contributed by atoms with van der Waals surface area (Å²) in [6, 6.07) is 4.46. The molecule has 6 nitrogen and oxygen atoms in total. The van der Waals surface area contributed by atoms with Gasteiger partial charge in [0.15, 0.2) is 0 Å². The Morgan fingerprint density at radius 2 is 2.16 bits per heavy atom. The second-order valence-corrected chi connectivity index (χ2v) is 4.27. The number of aromatic carboxylic acids is 1. The van der Waals surface area contributed by atoms with E-state index in [-0.39, 0.29) is 17.6 Å². The first-order valence-corrected chi connectivity index (χ1v) is 6.13. The van der Waals surface area contributed by atoms with Crippen LogP contribution in [-0.4, -0.2) is 46.5 Å². The van der Waals surface area contributed by atoms with Crippen molar-refractivity contribution in [1.29, 1.82) is 0 Å². The van der Waals surface area contributed by atoms with Crippen molar-refractivity contribution in [3.05, 3.63) is 29.6 Å². The molecular formula is C13H19N3O3. The molecule has 1 amide bonds. The lowest BCUT2D eigenvalue weighted by Crippen LogP contribution is -2.42. The van der Waals surface area contributed by atoms with Crippen LogP contribution in [0.5, 0.6) is 0 Å². The summed E-state index contributed by atoms with van der Waals surface area (Å²) >= 11 is 0. The fraction of sp³-hybridized carbons (Fsp3) is 0.462. The molecule has 0 radical (unpaired) electrons. The van der Waals surface area contributed by atoms with Gasteiger partial charge in [-0.15, -0.1) is 0 Å². The highest BCUT2D eigenvalue weighted by Crippen LogP contribution is 2.00. The predicted octanol–water partition coefficient (Wildman–Crippen LogP) is 0.736. The number of nitrogens with one attached hydrogen (secondary N) is 1. The van der Waals surface area contributed by atoms with E-state index in [2.05, 4.69) is 10.3 Å². The Kier molecular flexibility index (Phi) is 5.44. The van der Waals surface area contributed by atoms with Crippen LogP contribution in [0.25, 0.3) is 0 Å². The van der Waals surface area contributed by atoms with Gasteiger partial charge in [0.05, 0.1) is 11.7 Å². The number of amides is 1. The van der Waals surface area contributed by atoms with Crippen LogP contribution < -0.4 is 5.32 Å². The molecule has 0 aliphatic heterocycles. The van der Waals surface area contributed by atoms with E-state index < -0.39 is 5.97 Å². The highest BCUT2D eigenvalue weighted by Gasteiger charge is 2.15. The molecule has 104 valence electrons. The van der Waals surface area contributed by atoms with E-state index in [1.165, 1.54) is 6.07 Å². The first-order valence-electron chi connectivity index (χ1n) is 6.13. The molecule has 1 unspecified atom stereocenters. The molecule has 0 saturated carbocycles. The minimum Gasteiger partial charge on any atom is -0.477 e. The molecule has 1 rings (SSSR count). The predicted molar refractivity (Wildman–Crippen MR) is 70.8 cm³/mol. The number of hydrogen-bond donors (Lipinski definition) is 2. The van der Waals surface area contributed by atoms with E-state index >= 15 is 0 Å². The van der Waals surface area contributed by atoms with Crippen molar-refractivity contribution in [3.8, 4) is 0 Å². The van der Waals surface area contributed by atoms with Crippen LogP contribution in [-0.2, 0) is 11.3 Å². The summed E-state index contributed by atoms with van der Waals surface area (Å²) in [5.74, 6) is -1.06. The number of carboxylic acids is 1. The van der Waals surface area contributed by atoms with Crippen LogP contribution in [0.3, 0.4) is 0 Å². The van der Waals surface area contributed by atoms with E-state index in [1.54, 1.807) is 31.0 Å². The third-order valence-corrected chi connectivity index (χ3v) is 2.84. The monoisotopic (exact) mass is 265 g/mol. The molecule has 6 heteroatoms. The third-order valence-electron chi connectivity index (χ3n) is 2.84. The molecule has 1 heterocycles. The Balaban J connectivity index is 2.59. The summed E-state index contributed by atoms with van der Waals surface area (Å²) in [5, 5.41) is 11.9. The number of nitrogens with zero attached hydrogens (tertiary/aromatic N) is 2. The maximum atomic E-state index is 11.8. The zero-order valence-electron chi connectivity index (χ0n) is 11.4. The normalized spacial score (nSPS) is 11.9. The first-order chi connectivity index (χ1) is 8.95. The van der Waals surface area contributed by atoms with Crippen LogP contribution in [0.4, 0.5) is 0 Å². The van der Waals surface area contributed by atoms with Crippen molar-refractivity contribution in [2.75, 3.05) is 13.6 Å². The van der Waals surface area contributed by atoms with Gasteiger partial charge in [-0.1, -0.05) is 6.07 Å². The number of carbonyl (C=O) groups excluding carboxylic acids is 1. The van der Waals surface area contributed by atoms with Gasteiger partial charge in [0.25, 0.3) is 0 Å². The van der Waals surface area contributed by atoms with Crippen molar-refractivity contribution in [1.82, 2.24) is 15.2 Å². The largest absolute Gasteiger partial charge is 0.477 e. The lowest BCUT2D eigenvalue weighted by molar-refractivity contribution is -0.131. The maximum absolute atomic E-state index is 11.8. The van der Waals surface area contributed by atoms with Gasteiger partial charge in [-0.05, 0) is 26.0 Å². The Bertz CT molecular complexity index is 462. The molecule has 1 aromatic heterocycles. The zero-order chi connectivity index (χ0) is 14.4. The summed E-state index contributed by atoms with van der Waals surface area (Å²) in [6.07, 6.45) is 0. The summed E-state index contributed by atoms with van der Waals surface area (Å²) in [6.45, 7) is 4.68. The molecule has 19 heavy (non-hydrogen) atoms. The summed E-state index contributed by atoms with van der Waals surface area (Å²) in [4.78, 5) is 28.2. The number of hydrogen-bond acceptors (Lipinski definition) is 4. The fourth-order valence-corrected chi connectivity index (χ4v) is 1.53. The standard InChI is InChI=1S/C13H19N3O3/c1-4-16(3)12(17)9(2)14-8-10-6-5-7-11(15-10)13(18)19/h5-7,9,14H,4,8H2,1-3H3,(H,18,19). The van der Waals surface area contributed by atoms with Gasteiger partial charge in [0, 0.05) is 20.1 Å².